The second-order valence-electron chi connectivity index (χ2n) is 4.10. The van der Waals surface area contributed by atoms with Crippen molar-refractivity contribution in [3.63, 3.8) is 0 Å². The van der Waals surface area contributed by atoms with E-state index in [2.05, 4.69) is 9.97 Å². The largest absolute Gasteiger partial charge is 0.477 e. The summed E-state index contributed by atoms with van der Waals surface area (Å²) >= 11 is 0. The number of benzene rings is 1. The number of ether oxygens (including phenoxy) is 3. The third-order valence-corrected chi connectivity index (χ3v) is 2.61. The fourth-order valence-electron chi connectivity index (χ4n) is 1.74. The monoisotopic (exact) mass is 274 g/mol. The first-order chi connectivity index (χ1) is 9.61. The van der Waals surface area contributed by atoms with Gasteiger partial charge < -0.3 is 19.3 Å². The first-order valence-electron chi connectivity index (χ1n) is 5.78. The van der Waals surface area contributed by atoms with Crippen LogP contribution in [0.4, 0.5) is 0 Å². The van der Waals surface area contributed by atoms with E-state index in [-0.39, 0.29) is 18.5 Å². The molecule has 20 heavy (non-hydrogen) atoms. The number of aromatic carboxylic acids is 1. The van der Waals surface area contributed by atoms with Crippen LogP contribution < -0.4 is 14.2 Å². The Morgan fingerprint density at radius 1 is 1.25 bits per heavy atom. The smallest absolute Gasteiger partial charge is 0.354 e. The van der Waals surface area contributed by atoms with Crippen LogP contribution in [0.1, 0.15) is 16.2 Å². The predicted octanol–water partition coefficient (Wildman–Crippen LogP) is 2.00. The minimum Gasteiger partial charge on any atom is -0.477 e. The summed E-state index contributed by atoms with van der Waals surface area (Å²) in [5.74, 6) is 0.504. The Hall–Kier alpha value is -2.83. The molecule has 0 spiro atoms. The highest BCUT2D eigenvalue weighted by Gasteiger charge is 2.15. The standard InChI is InChI=1S/C13H10N2O5/c1-7-4-9(12(16)17)15-13(14-7)20-8-2-3-10-11(5-8)19-6-18-10/h2-5H,6H2,1H3,(H,16,17). The molecule has 0 unspecified atom stereocenters. The lowest BCUT2D eigenvalue weighted by molar-refractivity contribution is 0.0689. The van der Waals surface area contributed by atoms with Crippen molar-refractivity contribution >= 4 is 5.97 Å². The van der Waals surface area contributed by atoms with Crippen molar-refractivity contribution in [2.24, 2.45) is 0 Å². The lowest BCUT2D eigenvalue weighted by Gasteiger charge is -2.06. The highest BCUT2D eigenvalue weighted by Crippen LogP contribution is 2.36. The Labute approximate surface area is 113 Å². The quantitative estimate of drug-likeness (QED) is 0.915. The van der Waals surface area contributed by atoms with Crippen LogP contribution in [0.25, 0.3) is 0 Å². The Morgan fingerprint density at radius 2 is 2.05 bits per heavy atom. The maximum Gasteiger partial charge on any atom is 0.354 e. The van der Waals surface area contributed by atoms with Crippen LogP contribution >= 0.6 is 0 Å². The summed E-state index contributed by atoms with van der Waals surface area (Å²) in [4.78, 5) is 18.8. The van der Waals surface area contributed by atoms with Gasteiger partial charge in [0, 0.05) is 11.8 Å². The Balaban J connectivity index is 1.89. The van der Waals surface area contributed by atoms with Crippen LogP contribution in [0, 0.1) is 6.92 Å². The number of hydrogen-bond acceptors (Lipinski definition) is 6. The molecule has 2 aromatic rings. The van der Waals surface area contributed by atoms with E-state index in [1.54, 1.807) is 25.1 Å². The van der Waals surface area contributed by atoms with Gasteiger partial charge in [-0.2, -0.15) is 4.98 Å². The molecule has 0 radical (unpaired) electrons. The highest BCUT2D eigenvalue weighted by atomic mass is 16.7. The molecule has 0 saturated carbocycles. The van der Waals surface area contributed by atoms with E-state index >= 15 is 0 Å². The van der Waals surface area contributed by atoms with Gasteiger partial charge in [-0.15, -0.1) is 0 Å². The van der Waals surface area contributed by atoms with Gasteiger partial charge in [0.15, 0.2) is 17.2 Å². The lowest BCUT2D eigenvalue weighted by atomic mass is 10.3. The molecule has 0 amide bonds. The van der Waals surface area contributed by atoms with E-state index in [9.17, 15) is 4.79 Å². The molecule has 1 aromatic heterocycles. The summed E-state index contributed by atoms with van der Waals surface area (Å²) < 4.78 is 15.9. The van der Waals surface area contributed by atoms with Crippen molar-refractivity contribution in [1.29, 1.82) is 0 Å². The number of nitrogens with zero attached hydrogens (tertiary/aromatic N) is 2. The van der Waals surface area contributed by atoms with Gasteiger partial charge >= 0.3 is 12.0 Å². The molecule has 0 fully saturated rings. The molecule has 0 atom stereocenters. The van der Waals surface area contributed by atoms with E-state index in [0.717, 1.165) is 0 Å². The summed E-state index contributed by atoms with van der Waals surface area (Å²) in [6, 6.07) is 6.34. The fourth-order valence-corrected chi connectivity index (χ4v) is 1.74. The molecule has 1 aromatic carbocycles. The zero-order valence-electron chi connectivity index (χ0n) is 10.5. The van der Waals surface area contributed by atoms with Crippen molar-refractivity contribution in [1.82, 2.24) is 9.97 Å². The van der Waals surface area contributed by atoms with Crippen molar-refractivity contribution < 1.29 is 24.1 Å². The van der Waals surface area contributed by atoms with Crippen molar-refractivity contribution in [2.45, 2.75) is 6.92 Å². The molecule has 1 aliphatic heterocycles. The van der Waals surface area contributed by atoms with E-state index < -0.39 is 5.97 Å². The van der Waals surface area contributed by atoms with Crippen LogP contribution in [0.3, 0.4) is 0 Å². The van der Waals surface area contributed by atoms with Crippen molar-refractivity contribution in [2.75, 3.05) is 6.79 Å². The SMILES string of the molecule is Cc1cc(C(=O)O)nc(Oc2ccc3c(c2)OCO3)n1. The van der Waals surface area contributed by atoms with Gasteiger partial charge in [0.25, 0.3) is 0 Å². The van der Waals surface area contributed by atoms with Crippen LogP contribution in [0.5, 0.6) is 23.3 Å². The summed E-state index contributed by atoms with van der Waals surface area (Å²) in [5, 5.41) is 8.94. The van der Waals surface area contributed by atoms with E-state index in [1.807, 2.05) is 0 Å². The average molecular weight is 274 g/mol. The maximum atomic E-state index is 10.9. The van der Waals surface area contributed by atoms with Gasteiger partial charge in [-0.05, 0) is 25.1 Å². The zero-order chi connectivity index (χ0) is 14.1. The topological polar surface area (TPSA) is 90.8 Å². The number of rotatable bonds is 3. The van der Waals surface area contributed by atoms with Gasteiger partial charge in [-0.3, -0.25) is 0 Å². The zero-order valence-corrected chi connectivity index (χ0v) is 10.5. The summed E-state index contributed by atoms with van der Waals surface area (Å²) in [5.41, 5.74) is 0.390. The second kappa shape index (κ2) is 4.69. The lowest BCUT2D eigenvalue weighted by Crippen LogP contribution is -2.04. The molecule has 0 aliphatic carbocycles. The van der Waals surface area contributed by atoms with Crippen LogP contribution in [0.15, 0.2) is 24.3 Å². The molecule has 0 bridgehead atoms. The van der Waals surface area contributed by atoms with E-state index in [1.165, 1.54) is 6.07 Å². The Morgan fingerprint density at radius 3 is 2.85 bits per heavy atom. The van der Waals surface area contributed by atoms with Gasteiger partial charge in [0.1, 0.15) is 5.75 Å². The van der Waals surface area contributed by atoms with Crippen LogP contribution in [0.2, 0.25) is 0 Å². The van der Waals surface area contributed by atoms with E-state index in [4.69, 9.17) is 19.3 Å². The molecule has 2 heterocycles. The maximum absolute atomic E-state index is 10.9. The molecule has 102 valence electrons. The second-order valence-corrected chi connectivity index (χ2v) is 4.10. The fraction of sp³-hybridized carbons (Fsp3) is 0.154. The van der Waals surface area contributed by atoms with Crippen LogP contribution in [-0.4, -0.2) is 27.8 Å². The highest BCUT2D eigenvalue weighted by molar-refractivity contribution is 5.85. The minimum absolute atomic E-state index is 0.0266. The number of carboxylic acid groups (broad SMARTS) is 1. The molecular weight excluding hydrogens is 264 g/mol. The molecule has 1 aliphatic rings. The number of fused-ring (bicyclic) bond motifs is 1. The molecule has 1 N–H and O–H groups in total. The summed E-state index contributed by atoms with van der Waals surface area (Å²) in [6.45, 7) is 1.84. The third kappa shape index (κ3) is 2.33. The molecule has 7 heteroatoms. The Kier molecular flexibility index (Phi) is 2.86. The molecular formula is C13H10N2O5. The first kappa shape index (κ1) is 12.2. The third-order valence-electron chi connectivity index (χ3n) is 2.61. The molecule has 3 rings (SSSR count). The number of carboxylic acids is 1. The summed E-state index contributed by atoms with van der Waals surface area (Å²) in [7, 11) is 0. The van der Waals surface area contributed by atoms with E-state index in [0.29, 0.717) is 22.9 Å². The van der Waals surface area contributed by atoms with Crippen LogP contribution in [-0.2, 0) is 0 Å². The first-order valence-corrected chi connectivity index (χ1v) is 5.78. The molecule has 0 saturated heterocycles. The normalized spacial score (nSPS) is 12.2. The minimum atomic E-state index is -1.13. The van der Waals surface area contributed by atoms with Gasteiger partial charge in [0.2, 0.25) is 6.79 Å². The van der Waals surface area contributed by atoms with Crippen molar-refractivity contribution in [3.05, 3.63) is 35.7 Å². The van der Waals surface area contributed by atoms with Gasteiger partial charge in [-0.1, -0.05) is 0 Å². The molecule has 7 nitrogen and oxygen atoms in total. The van der Waals surface area contributed by atoms with Gasteiger partial charge in [0.05, 0.1) is 0 Å². The summed E-state index contributed by atoms with van der Waals surface area (Å²) in [6.07, 6.45) is 0. The number of aromatic nitrogens is 2. The van der Waals surface area contributed by atoms with Crippen molar-refractivity contribution in [3.8, 4) is 23.3 Å². The Bertz CT molecular complexity index is 686. The van der Waals surface area contributed by atoms with Gasteiger partial charge in [-0.25, -0.2) is 9.78 Å². The number of carbonyl (C=O) groups is 1. The number of hydrogen-bond donors (Lipinski definition) is 1. The number of aryl methyl sites for hydroxylation is 1. The predicted molar refractivity (Wildman–Crippen MR) is 66.4 cm³/mol. The average Bonchev–Trinajstić information content (AvgIpc) is 2.85.